The molecule has 1 heterocycles. The first-order valence-electron chi connectivity index (χ1n) is 6.98. The summed E-state index contributed by atoms with van der Waals surface area (Å²) < 4.78 is 5.04. The van der Waals surface area contributed by atoms with Gasteiger partial charge in [-0.25, -0.2) is 9.69 Å². The zero-order chi connectivity index (χ0) is 14.9. The smallest absolute Gasteiger partial charge is 0.417 e. The molecule has 0 unspecified atom stereocenters. The molecule has 1 aromatic rings. The Morgan fingerprint density at radius 3 is 2.65 bits per heavy atom. The molecular weight excluding hydrogens is 254 g/mol. The van der Waals surface area contributed by atoms with Crippen LogP contribution in [0.15, 0.2) is 24.3 Å². The van der Waals surface area contributed by atoms with Crippen LogP contribution in [0.3, 0.4) is 0 Å². The summed E-state index contributed by atoms with van der Waals surface area (Å²) in [5.41, 5.74) is 2.03. The number of carbonyl (C=O) groups is 2. The number of imide groups is 1. The van der Waals surface area contributed by atoms with Crippen molar-refractivity contribution in [3.63, 3.8) is 0 Å². The average molecular weight is 275 g/mol. The first-order valence-corrected chi connectivity index (χ1v) is 6.98. The lowest BCUT2D eigenvalue weighted by molar-refractivity contribution is -0.131. The van der Waals surface area contributed by atoms with E-state index < -0.39 is 6.09 Å². The minimum atomic E-state index is -0.520. The van der Waals surface area contributed by atoms with Crippen LogP contribution in [0.1, 0.15) is 37.8 Å². The van der Waals surface area contributed by atoms with E-state index in [1.54, 1.807) is 0 Å². The fraction of sp³-hybridized carbons (Fsp3) is 0.500. The maximum absolute atomic E-state index is 12.6. The predicted octanol–water partition coefficient (Wildman–Crippen LogP) is 3.10. The lowest BCUT2D eigenvalue weighted by Gasteiger charge is -2.25. The lowest BCUT2D eigenvalue weighted by Crippen LogP contribution is -2.43. The molecule has 1 saturated heterocycles. The molecule has 0 N–H and O–H groups in total. The van der Waals surface area contributed by atoms with E-state index in [-0.39, 0.29) is 23.8 Å². The van der Waals surface area contributed by atoms with Crippen molar-refractivity contribution < 1.29 is 14.3 Å². The fourth-order valence-electron chi connectivity index (χ4n) is 2.47. The van der Waals surface area contributed by atoms with Gasteiger partial charge in [0.25, 0.3) is 0 Å². The summed E-state index contributed by atoms with van der Waals surface area (Å²) in [7, 11) is 0. The molecule has 20 heavy (non-hydrogen) atoms. The highest BCUT2D eigenvalue weighted by molar-refractivity contribution is 5.97. The summed E-state index contributed by atoms with van der Waals surface area (Å²) in [6, 6.07) is 7.65. The molecule has 1 aliphatic heterocycles. The molecule has 0 spiro atoms. The van der Waals surface area contributed by atoms with Crippen LogP contribution in [0.5, 0.6) is 0 Å². The summed E-state index contributed by atoms with van der Waals surface area (Å²) in [6.45, 7) is 8.10. The summed E-state index contributed by atoms with van der Waals surface area (Å²) in [4.78, 5) is 25.7. The summed E-state index contributed by atoms with van der Waals surface area (Å²) in [5, 5.41) is 0. The number of rotatable bonds is 3. The van der Waals surface area contributed by atoms with E-state index in [0.717, 1.165) is 11.1 Å². The van der Waals surface area contributed by atoms with Crippen molar-refractivity contribution in [1.29, 1.82) is 0 Å². The Hall–Kier alpha value is -1.84. The number of hydrogen-bond acceptors (Lipinski definition) is 3. The lowest BCUT2D eigenvalue weighted by atomic mass is 9.96. The Morgan fingerprint density at radius 1 is 1.35 bits per heavy atom. The second-order valence-electron chi connectivity index (χ2n) is 5.73. The molecule has 4 nitrogen and oxygen atoms in total. The number of aryl methyl sites for hydroxylation is 1. The SMILES string of the molecule is Cc1cccc([C@H](C)C(=O)N2C(=O)OC[C@@H]2C(C)C)c1. The van der Waals surface area contributed by atoms with E-state index in [0.29, 0.717) is 6.61 Å². The molecule has 0 aromatic heterocycles. The molecule has 2 rings (SSSR count). The zero-order valence-corrected chi connectivity index (χ0v) is 12.4. The van der Waals surface area contributed by atoms with Crippen molar-refractivity contribution in [3.8, 4) is 0 Å². The van der Waals surface area contributed by atoms with Gasteiger partial charge < -0.3 is 4.74 Å². The second-order valence-corrected chi connectivity index (χ2v) is 5.73. The molecule has 0 saturated carbocycles. The molecule has 0 bridgehead atoms. The van der Waals surface area contributed by atoms with Gasteiger partial charge in [-0.15, -0.1) is 0 Å². The predicted molar refractivity (Wildman–Crippen MR) is 76.4 cm³/mol. The number of amides is 2. The average Bonchev–Trinajstić information content (AvgIpc) is 2.79. The summed E-state index contributed by atoms with van der Waals surface area (Å²) in [5.74, 6) is -0.339. The van der Waals surface area contributed by atoms with Gasteiger partial charge in [-0.05, 0) is 25.3 Å². The molecular formula is C16H21NO3. The van der Waals surface area contributed by atoms with Gasteiger partial charge in [-0.3, -0.25) is 4.79 Å². The molecule has 1 aliphatic rings. The highest BCUT2D eigenvalue weighted by Gasteiger charge is 2.41. The van der Waals surface area contributed by atoms with Gasteiger partial charge in [0, 0.05) is 0 Å². The van der Waals surface area contributed by atoms with Crippen molar-refractivity contribution in [2.75, 3.05) is 6.61 Å². The zero-order valence-electron chi connectivity index (χ0n) is 12.4. The van der Waals surface area contributed by atoms with Crippen molar-refractivity contribution in [2.45, 2.75) is 39.7 Å². The van der Waals surface area contributed by atoms with Crippen molar-refractivity contribution in [3.05, 3.63) is 35.4 Å². The Bertz CT molecular complexity index is 524. The van der Waals surface area contributed by atoms with Crippen molar-refractivity contribution in [1.82, 2.24) is 4.90 Å². The van der Waals surface area contributed by atoms with Crippen LogP contribution in [-0.4, -0.2) is 29.5 Å². The van der Waals surface area contributed by atoms with Crippen LogP contribution in [-0.2, 0) is 9.53 Å². The molecule has 108 valence electrons. The van der Waals surface area contributed by atoms with E-state index in [1.165, 1.54) is 4.90 Å². The number of nitrogens with zero attached hydrogens (tertiary/aromatic N) is 1. The third-order valence-electron chi connectivity index (χ3n) is 3.83. The number of hydrogen-bond donors (Lipinski definition) is 0. The van der Waals surface area contributed by atoms with Crippen LogP contribution < -0.4 is 0 Å². The van der Waals surface area contributed by atoms with Crippen molar-refractivity contribution >= 4 is 12.0 Å². The van der Waals surface area contributed by atoms with Crippen LogP contribution >= 0.6 is 0 Å². The number of carbonyl (C=O) groups excluding carboxylic acids is 2. The van der Waals surface area contributed by atoms with Gasteiger partial charge in [-0.2, -0.15) is 0 Å². The normalized spacial score (nSPS) is 20.1. The van der Waals surface area contributed by atoms with E-state index in [4.69, 9.17) is 4.74 Å². The van der Waals surface area contributed by atoms with Crippen LogP contribution in [0.4, 0.5) is 4.79 Å². The Labute approximate surface area is 119 Å². The topological polar surface area (TPSA) is 46.6 Å². The third-order valence-corrected chi connectivity index (χ3v) is 3.83. The third kappa shape index (κ3) is 2.69. The molecule has 1 aromatic carbocycles. The molecule has 2 amide bonds. The Morgan fingerprint density at radius 2 is 2.05 bits per heavy atom. The van der Waals surface area contributed by atoms with Gasteiger partial charge in [0.2, 0.25) is 5.91 Å². The Kier molecular flexibility index (Phi) is 4.12. The monoisotopic (exact) mass is 275 g/mol. The standard InChI is InChI=1S/C16H21NO3/c1-10(2)14-9-20-16(19)17(14)15(18)12(4)13-7-5-6-11(3)8-13/h5-8,10,12,14H,9H2,1-4H3/t12-,14+/m0/s1. The quantitative estimate of drug-likeness (QED) is 0.851. The van der Waals surface area contributed by atoms with Crippen LogP contribution in [0, 0.1) is 12.8 Å². The minimum absolute atomic E-state index is 0.165. The maximum atomic E-state index is 12.6. The van der Waals surface area contributed by atoms with Crippen molar-refractivity contribution in [2.24, 2.45) is 5.92 Å². The first kappa shape index (κ1) is 14.6. The highest BCUT2D eigenvalue weighted by Crippen LogP contribution is 2.26. The molecule has 0 aliphatic carbocycles. The molecule has 4 heteroatoms. The first-order chi connectivity index (χ1) is 9.41. The fourth-order valence-corrected chi connectivity index (χ4v) is 2.47. The summed E-state index contributed by atoms with van der Waals surface area (Å²) >= 11 is 0. The number of cyclic esters (lactones) is 1. The molecule has 2 atom stereocenters. The van der Waals surface area contributed by atoms with Gasteiger partial charge in [0.15, 0.2) is 0 Å². The minimum Gasteiger partial charge on any atom is -0.447 e. The van der Waals surface area contributed by atoms with E-state index >= 15 is 0 Å². The van der Waals surface area contributed by atoms with Crippen LogP contribution in [0.2, 0.25) is 0 Å². The maximum Gasteiger partial charge on any atom is 0.417 e. The number of benzene rings is 1. The largest absolute Gasteiger partial charge is 0.447 e. The van der Waals surface area contributed by atoms with Gasteiger partial charge in [-0.1, -0.05) is 43.7 Å². The molecule has 0 radical (unpaired) electrons. The van der Waals surface area contributed by atoms with Gasteiger partial charge in [0.05, 0.1) is 12.0 Å². The highest BCUT2D eigenvalue weighted by atomic mass is 16.6. The summed E-state index contributed by atoms with van der Waals surface area (Å²) in [6.07, 6.45) is -0.520. The van der Waals surface area contributed by atoms with E-state index in [2.05, 4.69) is 0 Å². The second kappa shape index (κ2) is 5.65. The molecule has 1 fully saturated rings. The van der Waals surface area contributed by atoms with E-state index in [1.807, 2.05) is 52.0 Å². The Balaban J connectivity index is 2.23. The van der Waals surface area contributed by atoms with E-state index in [9.17, 15) is 9.59 Å². The number of ether oxygens (including phenoxy) is 1. The van der Waals surface area contributed by atoms with Crippen LogP contribution in [0.25, 0.3) is 0 Å². The van der Waals surface area contributed by atoms with Gasteiger partial charge >= 0.3 is 6.09 Å². The van der Waals surface area contributed by atoms with Gasteiger partial charge in [0.1, 0.15) is 6.61 Å².